The summed E-state index contributed by atoms with van der Waals surface area (Å²) >= 11 is 0. The van der Waals surface area contributed by atoms with Crippen molar-refractivity contribution in [3.05, 3.63) is 35.4 Å². The van der Waals surface area contributed by atoms with Crippen molar-refractivity contribution >= 4 is 15.9 Å². The van der Waals surface area contributed by atoms with E-state index in [1.807, 2.05) is 24.0 Å². The highest BCUT2D eigenvalue weighted by atomic mass is 32.2. The Labute approximate surface area is 139 Å². The van der Waals surface area contributed by atoms with Crippen LogP contribution in [0.3, 0.4) is 0 Å². The number of hydrogen-bond acceptors (Lipinski definition) is 3. The molecule has 2 rings (SSSR count). The molecule has 1 aliphatic heterocycles. The number of aryl methyl sites for hydroxylation is 1. The van der Waals surface area contributed by atoms with Crippen molar-refractivity contribution in [1.82, 2.24) is 9.21 Å². The van der Waals surface area contributed by atoms with Gasteiger partial charge in [-0.3, -0.25) is 4.79 Å². The van der Waals surface area contributed by atoms with Gasteiger partial charge in [-0.05, 0) is 31.4 Å². The molecule has 0 unspecified atom stereocenters. The van der Waals surface area contributed by atoms with E-state index in [9.17, 15) is 13.2 Å². The van der Waals surface area contributed by atoms with Crippen LogP contribution in [-0.2, 0) is 14.8 Å². The molecule has 0 N–H and O–H groups in total. The molecule has 1 aliphatic rings. The molecule has 1 heterocycles. The van der Waals surface area contributed by atoms with Crippen molar-refractivity contribution in [2.75, 3.05) is 26.4 Å². The molecule has 1 aromatic rings. The van der Waals surface area contributed by atoms with Crippen LogP contribution >= 0.6 is 0 Å². The van der Waals surface area contributed by atoms with Gasteiger partial charge >= 0.3 is 0 Å². The van der Waals surface area contributed by atoms with Gasteiger partial charge in [0.1, 0.15) is 0 Å². The molecule has 0 spiro atoms. The standard InChI is InChI=1S/C17H26N2O3S/c1-13-7-5-6-8-16(13)15-11-14(2)19(12-15)17(20)9-10-23(21,22)18(3)4/h5-8,14-15H,9-12H2,1-4H3/t14-,15+/m0/s1. The maximum Gasteiger partial charge on any atom is 0.223 e. The first-order chi connectivity index (χ1) is 10.7. The molecule has 6 heteroatoms. The second kappa shape index (κ2) is 7.01. The lowest BCUT2D eigenvalue weighted by Gasteiger charge is -2.22. The molecular formula is C17H26N2O3S. The number of amides is 1. The van der Waals surface area contributed by atoms with Gasteiger partial charge in [0.05, 0.1) is 5.75 Å². The molecule has 2 atom stereocenters. The third-order valence-corrected chi connectivity index (χ3v) is 6.49. The zero-order chi connectivity index (χ0) is 17.2. The Hall–Kier alpha value is -1.40. The Balaban J connectivity index is 2.02. The van der Waals surface area contributed by atoms with E-state index in [0.29, 0.717) is 12.5 Å². The monoisotopic (exact) mass is 338 g/mol. The Bertz CT molecular complexity index is 670. The van der Waals surface area contributed by atoms with Gasteiger partial charge in [0.15, 0.2) is 0 Å². The molecular weight excluding hydrogens is 312 g/mol. The number of carbonyl (C=O) groups excluding carboxylic acids is 1. The Kier molecular flexibility index (Phi) is 5.47. The van der Waals surface area contributed by atoms with E-state index in [0.717, 1.165) is 6.42 Å². The number of rotatable bonds is 5. The van der Waals surface area contributed by atoms with Crippen molar-refractivity contribution in [1.29, 1.82) is 0 Å². The fourth-order valence-corrected chi connectivity index (χ4v) is 3.99. The lowest BCUT2D eigenvalue weighted by atomic mass is 9.93. The predicted molar refractivity (Wildman–Crippen MR) is 91.8 cm³/mol. The van der Waals surface area contributed by atoms with Crippen molar-refractivity contribution in [3.63, 3.8) is 0 Å². The molecule has 128 valence electrons. The van der Waals surface area contributed by atoms with Gasteiger partial charge in [-0.2, -0.15) is 0 Å². The molecule has 0 bridgehead atoms. The van der Waals surface area contributed by atoms with Crippen LogP contribution in [0.4, 0.5) is 0 Å². The molecule has 1 amide bonds. The minimum Gasteiger partial charge on any atom is -0.339 e. The topological polar surface area (TPSA) is 57.7 Å². The van der Waals surface area contributed by atoms with E-state index in [2.05, 4.69) is 19.1 Å². The van der Waals surface area contributed by atoms with Gasteiger partial charge in [-0.1, -0.05) is 24.3 Å². The summed E-state index contributed by atoms with van der Waals surface area (Å²) in [4.78, 5) is 14.3. The van der Waals surface area contributed by atoms with Crippen LogP contribution in [0.1, 0.15) is 36.8 Å². The van der Waals surface area contributed by atoms with Gasteiger partial charge in [-0.15, -0.1) is 0 Å². The van der Waals surface area contributed by atoms with E-state index < -0.39 is 10.0 Å². The number of benzene rings is 1. The molecule has 1 aromatic carbocycles. The number of likely N-dealkylation sites (tertiary alicyclic amines) is 1. The van der Waals surface area contributed by atoms with Gasteiger partial charge in [0.25, 0.3) is 0 Å². The van der Waals surface area contributed by atoms with Crippen LogP contribution in [0, 0.1) is 6.92 Å². The second-order valence-corrected chi connectivity index (χ2v) is 8.84. The number of carbonyl (C=O) groups is 1. The Morgan fingerprint density at radius 2 is 1.96 bits per heavy atom. The summed E-state index contributed by atoms with van der Waals surface area (Å²) in [7, 11) is -0.342. The average molecular weight is 338 g/mol. The van der Waals surface area contributed by atoms with Crippen LogP contribution in [0.15, 0.2) is 24.3 Å². The van der Waals surface area contributed by atoms with Gasteiger partial charge in [0, 0.05) is 39.0 Å². The number of sulfonamides is 1. The first kappa shape index (κ1) is 17.9. The quantitative estimate of drug-likeness (QED) is 0.825. The third kappa shape index (κ3) is 4.12. The highest BCUT2D eigenvalue weighted by molar-refractivity contribution is 7.89. The summed E-state index contributed by atoms with van der Waals surface area (Å²) in [6.07, 6.45) is 0.975. The number of nitrogens with zero attached hydrogens (tertiary/aromatic N) is 2. The van der Waals surface area contributed by atoms with Gasteiger partial charge in [-0.25, -0.2) is 12.7 Å². The molecule has 0 radical (unpaired) electrons. The smallest absolute Gasteiger partial charge is 0.223 e. The maximum absolute atomic E-state index is 12.4. The van der Waals surface area contributed by atoms with Crippen molar-refractivity contribution in [2.45, 2.75) is 38.6 Å². The lowest BCUT2D eigenvalue weighted by molar-refractivity contribution is -0.131. The van der Waals surface area contributed by atoms with Gasteiger partial charge in [0.2, 0.25) is 15.9 Å². The molecule has 5 nitrogen and oxygen atoms in total. The van der Waals surface area contributed by atoms with E-state index in [-0.39, 0.29) is 24.1 Å². The van der Waals surface area contributed by atoms with E-state index in [4.69, 9.17) is 0 Å². The lowest BCUT2D eigenvalue weighted by Crippen LogP contribution is -2.36. The summed E-state index contributed by atoms with van der Waals surface area (Å²) in [6.45, 7) is 4.80. The minimum absolute atomic E-state index is 0.0470. The first-order valence-electron chi connectivity index (χ1n) is 7.97. The zero-order valence-corrected chi connectivity index (χ0v) is 15.1. The SMILES string of the molecule is Cc1ccccc1[C@@H]1C[C@H](C)N(C(=O)CCS(=O)(=O)N(C)C)C1. The van der Waals surface area contributed by atoms with Crippen LogP contribution < -0.4 is 0 Å². The molecule has 0 saturated carbocycles. The van der Waals surface area contributed by atoms with E-state index in [1.54, 1.807) is 0 Å². The highest BCUT2D eigenvalue weighted by Gasteiger charge is 2.34. The molecule has 0 aliphatic carbocycles. The second-order valence-electron chi connectivity index (χ2n) is 6.53. The van der Waals surface area contributed by atoms with Crippen LogP contribution in [0.25, 0.3) is 0 Å². The first-order valence-corrected chi connectivity index (χ1v) is 9.58. The molecule has 23 heavy (non-hydrogen) atoms. The summed E-state index contributed by atoms with van der Waals surface area (Å²) < 4.78 is 24.8. The Morgan fingerprint density at radius 1 is 1.30 bits per heavy atom. The van der Waals surface area contributed by atoms with E-state index >= 15 is 0 Å². The fraction of sp³-hybridized carbons (Fsp3) is 0.588. The molecule has 0 aromatic heterocycles. The van der Waals surface area contributed by atoms with Gasteiger partial charge < -0.3 is 4.90 Å². The summed E-state index contributed by atoms with van der Waals surface area (Å²) in [6, 6.07) is 8.41. The molecule has 1 saturated heterocycles. The summed E-state index contributed by atoms with van der Waals surface area (Å²) in [5.74, 6) is 0.136. The molecule has 1 fully saturated rings. The van der Waals surface area contributed by atoms with Crippen molar-refractivity contribution < 1.29 is 13.2 Å². The predicted octanol–water partition coefficient (Wildman–Crippen LogP) is 1.98. The van der Waals surface area contributed by atoms with Crippen LogP contribution in [-0.4, -0.2) is 56.0 Å². The summed E-state index contributed by atoms with van der Waals surface area (Å²) in [5.41, 5.74) is 2.53. The van der Waals surface area contributed by atoms with Crippen molar-refractivity contribution in [2.24, 2.45) is 0 Å². The highest BCUT2D eigenvalue weighted by Crippen LogP contribution is 2.33. The minimum atomic E-state index is -3.33. The zero-order valence-electron chi connectivity index (χ0n) is 14.3. The van der Waals surface area contributed by atoms with Crippen LogP contribution in [0.5, 0.6) is 0 Å². The fourth-order valence-electron chi connectivity index (χ4n) is 3.19. The average Bonchev–Trinajstić information content (AvgIpc) is 2.87. The van der Waals surface area contributed by atoms with Crippen LogP contribution in [0.2, 0.25) is 0 Å². The third-order valence-electron chi connectivity index (χ3n) is 4.65. The normalized spacial score (nSPS) is 21.9. The number of hydrogen-bond donors (Lipinski definition) is 0. The summed E-state index contributed by atoms with van der Waals surface area (Å²) in [5, 5.41) is 0. The Morgan fingerprint density at radius 3 is 2.57 bits per heavy atom. The van der Waals surface area contributed by atoms with E-state index in [1.165, 1.54) is 29.5 Å². The van der Waals surface area contributed by atoms with Crippen molar-refractivity contribution in [3.8, 4) is 0 Å². The largest absolute Gasteiger partial charge is 0.339 e. The maximum atomic E-state index is 12.4.